The van der Waals surface area contributed by atoms with Crippen molar-refractivity contribution in [2.24, 2.45) is 0 Å². The van der Waals surface area contributed by atoms with E-state index in [1.807, 2.05) is 19.1 Å². The van der Waals surface area contributed by atoms with Crippen LogP contribution in [0.3, 0.4) is 0 Å². The summed E-state index contributed by atoms with van der Waals surface area (Å²) in [6, 6.07) is 10.7. The van der Waals surface area contributed by atoms with Gasteiger partial charge in [0.2, 0.25) is 0 Å². The molecule has 0 aliphatic carbocycles. The largest absolute Gasteiger partial charge is 0.494 e. The monoisotopic (exact) mass is 549 g/mol. The summed E-state index contributed by atoms with van der Waals surface area (Å²) in [4.78, 5) is 22.4. The number of aryl methyl sites for hydroxylation is 1. The predicted molar refractivity (Wildman–Crippen MR) is 145 cm³/mol. The number of alkyl halides is 3. The molecule has 12 heteroatoms. The molecule has 40 heavy (non-hydrogen) atoms. The van der Waals surface area contributed by atoms with E-state index in [4.69, 9.17) is 4.74 Å². The first-order chi connectivity index (χ1) is 19.0. The van der Waals surface area contributed by atoms with Crippen molar-refractivity contribution in [2.45, 2.75) is 19.6 Å². The van der Waals surface area contributed by atoms with Crippen LogP contribution in [0.25, 0.3) is 28.0 Å². The molecule has 5 aromatic rings. The number of methoxy groups -OCH3 is 1. The molecule has 1 amide bonds. The lowest BCUT2D eigenvalue weighted by molar-refractivity contribution is -0.137. The van der Waals surface area contributed by atoms with Gasteiger partial charge in [-0.05, 0) is 63.0 Å². The molecule has 0 unspecified atom stereocenters. The Hall–Kier alpha value is -4.71. The van der Waals surface area contributed by atoms with Crippen molar-refractivity contribution in [1.82, 2.24) is 29.9 Å². The number of hydrogen-bond acceptors (Lipinski definition) is 6. The fraction of sp³-hybridized carbons (Fsp3) is 0.214. The Labute approximate surface area is 227 Å². The molecule has 0 aliphatic rings. The second-order valence-corrected chi connectivity index (χ2v) is 9.59. The number of rotatable bonds is 7. The maximum atomic E-state index is 13.7. The SMILES string of the molecule is COc1c(CN(C)C)cc(C(F)(F)F)cc1NC(=O)c1ccc(C)c(-n2cc(-c3cnc4[nH]ccc4c3)nn2)c1. The lowest BCUT2D eigenvalue weighted by atomic mass is 10.1. The highest BCUT2D eigenvalue weighted by Crippen LogP contribution is 2.38. The topological polar surface area (TPSA) is 101 Å². The van der Waals surface area contributed by atoms with E-state index in [0.29, 0.717) is 16.9 Å². The van der Waals surface area contributed by atoms with E-state index in [1.54, 1.807) is 60.5 Å². The smallest absolute Gasteiger partial charge is 0.416 e. The minimum Gasteiger partial charge on any atom is -0.494 e. The van der Waals surface area contributed by atoms with Gasteiger partial charge >= 0.3 is 6.18 Å². The van der Waals surface area contributed by atoms with Crippen molar-refractivity contribution in [2.75, 3.05) is 26.5 Å². The number of nitrogens with one attached hydrogen (secondary N) is 2. The summed E-state index contributed by atoms with van der Waals surface area (Å²) in [5, 5.41) is 12.0. The van der Waals surface area contributed by atoms with Gasteiger partial charge in [-0.1, -0.05) is 11.3 Å². The number of halogens is 3. The molecule has 0 saturated carbocycles. The molecular formula is C28H26F3N7O2. The summed E-state index contributed by atoms with van der Waals surface area (Å²) in [5.41, 5.74) is 3.10. The third kappa shape index (κ3) is 5.38. The van der Waals surface area contributed by atoms with Gasteiger partial charge in [-0.3, -0.25) is 4.79 Å². The lowest BCUT2D eigenvalue weighted by Crippen LogP contribution is -2.18. The highest BCUT2D eigenvalue weighted by atomic mass is 19.4. The predicted octanol–water partition coefficient (Wildman–Crippen LogP) is 5.46. The van der Waals surface area contributed by atoms with E-state index in [-0.39, 0.29) is 23.5 Å². The molecule has 0 saturated heterocycles. The Morgan fingerprint density at radius 3 is 2.67 bits per heavy atom. The molecular weight excluding hydrogens is 523 g/mol. The zero-order valence-electron chi connectivity index (χ0n) is 22.2. The van der Waals surface area contributed by atoms with Gasteiger partial charge in [0.15, 0.2) is 0 Å². The molecule has 9 nitrogen and oxygen atoms in total. The molecule has 3 heterocycles. The summed E-state index contributed by atoms with van der Waals surface area (Å²) >= 11 is 0. The van der Waals surface area contributed by atoms with Crippen LogP contribution in [-0.4, -0.2) is 57.0 Å². The Morgan fingerprint density at radius 2 is 1.95 bits per heavy atom. The number of aromatic nitrogens is 5. The number of fused-ring (bicyclic) bond motifs is 1. The van der Waals surface area contributed by atoms with Crippen LogP contribution in [0.5, 0.6) is 5.75 Å². The number of carbonyl (C=O) groups is 1. The average molecular weight is 550 g/mol. The van der Waals surface area contributed by atoms with Crippen LogP contribution in [0, 0.1) is 6.92 Å². The van der Waals surface area contributed by atoms with Gasteiger partial charge in [-0.15, -0.1) is 5.10 Å². The Balaban J connectivity index is 1.46. The average Bonchev–Trinajstić information content (AvgIpc) is 3.57. The molecule has 5 rings (SSSR count). The van der Waals surface area contributed by atoms with E-state index in [1.165, 1.54) is 7.11 Å². The van der Waals surface area contributed by atoms with Gasteiger partial charge in [0.1, 0.15) is 17.1 Å². The fourth-order valence-corrected chi connectivity index (χ4v) is 4.43. The maximum Gasteiger partial charge on any atom is 0.416 e. The molecule has 0 aliphatic heterocycles. The number of nitrogens with zero attached hydrogens (tertiary/aromatic N) is 5. The standard InChI is InChI=1S/C28H26F3N7O2/c1-16-5-6-18(11-24(16)38-15-23(35-36-38)19-9-17-7-8-32-26(17)33-13-19)27(39)34-22-12-21(28(29,30)31)10-20(14-37(2)3)25(22)40-4/h5-13,15H,14H2,1-4H3,(H,32,33)(H,34,39). The Morgan fingerprint density at radius 1 is 1.15 bits per heavy atom. The number of amides is 1. The normalized spacial score (nSPS) is 11.8. The molecule has 206 valence electrons. The first kappa shape index (κ1) is 26.9. The number of hydrogen-bond donors (Lipinski definition) is 2. The number of benzene rings is 2. The van der Waals surface area contributed by atoms with Gasteiger partial charge in [0, 0.05) is 41.0 Å². The summed E-state index contributed by atoms with van der Waals surface area (Å²) in [5.74, 6) is -0.437. The summed E-state index contributed by atoms with van der Waals surface area (Å²) in [6.45, 7) is 2.04. The third-order valence-corrected chi connectivity index (χ3v) is 6.34. The third-order valence-electron chi connectivity index (χ3n) is 6.34. The summed E-state index contributed by atoms with van der Waals surface area (Å²) in [6.07, 6.45) is 0.617. The lowest BCUT2D eigenvalue weighted by Gasteiger charge is -2.20. The quantitative estimate of drug-likeness (QED) is 0.280. The van der Waals surface area contributed by atoms with Crippen LogP contribution in [0.1, 0.15) is 27.0 Å². The van der Waals surface area contributed by atoms with Crippen LogP contribution in [-0.2, 0) is 12.7 Å². The van der Waals surface area contributed by atoms with Gasteiger partial charge in [0.05, 0.1) is 30.2 Å². The number of carbonyl (C=O) groups excluding carboxylic acids is 1. The van der Waals surface area contributed by atoms with Crippen molar-refractivity contribution >= 4 is 22.6 Å². The van der Waals surface area contributed by atoms with Gasteiger partial charge < -0.3 is 19.9 Å². The van der Waals surface area contributed by atoms with Crippen LogP contribution in [0.15, 0.2) is 61.1 Å². The zero-order valence-corrected chi connectivity index (χ0v) is 22.2. The first-order valence-electron chi connectivity index (χ1n) is 12.2. The van der Waals surface area contributed by atoms with Crippen molar-refractivity contribution < 1.29 is 22.7 Å². The molecule has 2 aromatic carbocycles. The highest BCUT2D eigenvalue weighted by Gasteiger charge is 2.33. The van der Waals surface area contributed by atoms with E-state index < -0.39 is 17.6 Å². The van der Waals surface area contributed by atoms with Crippen molar-refractivity contribution in [3.8, 4) is 22.7 Å². The van der Waals surface area contributed by atoms with Gasteiger partial charge in [-0.2, -0.15) is 13.2 Å². The molecule has 0 bridgehead atoms. The zero-order chi connectivity index (χ0) is 28.6. The summed E-state index contributed by atoms with van der Waals surface area (Å²) in [7, 11) is 4.82. The van der Waals surface area contributed by atoms with Crippen molar-refractivity contribution in [3.63, 3.8) is 0 Å². The fourth-order valence-electron chi connectivity index (χ4n) is 4.43. The maximum absolute atomic E-state index is 13.7. The van der Waals surface area contributed by atoms with Gasteiger partial charge in [-0.25, -0.2) is 9.67 Å². The number of H-pyrrole nitrogens is 1. The second kappa shape index (κ2) is 10.5. The second-order valence-electron chi connectivity index (χ2n) is 9.59. The van der Waals surface area contributed by atoms with Crippen LogP contribution in [0.2, 0.25) is 0 Å². The molecule has 0 atom stereocenters. The molecule has 2 N–H and O–H groups in total. The highest BCUT2D eigenvalue weighted by molar-refractivity contribution is 6.05. The minimum absolute atomic E-state index is 0.0722. The van der Waals surface area contributed by atoms with Crippen LogP contribution < -0.4 is 10.1 Å². The van der Waals surface area contributed by atoms with E-state index in [0.717, 1.165) is 34.3 Å². The number of anilines is 1. The van der Waals surface area contributed by atoms with Crippen LogP contribution in [0.4, 0.5) is 18.9 Å². The number of aromatic amines is 1. The van der Waals surface area contributed by atoms with E-state index in [2.05, 4.69) is 25.6 Å². The van der Waals surface area contributed by atoms with Crippen molar-refractivity contribution in [3.05, 3.63) is 83.3 Å². The number of ether oxygens (including phenoxy) is 1. The van der Waals surface area contributed by atoms with Crippen molar-refractivity contribution in [1.29, 1.82) is 0 Å². The molecule has 0 spiro atoms. The van der Waals surface area contributed by atoms with Gasteiger partial charge in [0.25, 0.3) is 5.91 Å². The molecule has 0 radical (unpaired) electrons. The van der Waals surface area contributed by atoms with Crippen LogP contribution >= 0.6 is 0 Å². The minimum atomic E-state index is -4.60. The summed E-state index contributed by atoms with van der Waals surface area (Å²) < 4.78 is 48.0. The molecule has 3 aromatic heterocycles. The Bertz CT molecular complexity index is 1710. The van der Waals surface area contributed by atoms with E-state index in [9.17, 15) is 18.0 Å². The van der Waals surface area contributed by atoms with E-state index >= 15 is 0 Å². The Kier molecular flexibility index (Phi) is 7.03. The number of pyridine rings is 1. The molecule has 0 fully saturated rings. The first-order valence-corrected chi connectivity index (χ1v) is 12.2.